The van der Waals surface area contributed by atoms with Gasteiger partial charge in [0, 0.05) is 68.1 Å². The number of hydrogen-bond acceptors (Lipinski definition) is 3. The van der Waals surface area contributed by atoms with Gasteiger partial charge < -0.3 is 4.90 Å². The summed E-state index contributed by atoms with van der Waals surface area (Å²) in [5.74, 6) is 0. The molecule has 0 fully saturated rings. The normalized spacial score (nSPS) is 11.6. The molecule has 0 spiro atoms. The number of rotatable bonds is 6. The molecule has 1 nitrogen and oxygen atoms in total. The van der Waals surface area contributed by atoms with Crippen LogP contribution in [0.1, 0.15) is 0 Å². The zero-order valence-corrected chi connectivity index (χ0v) is 31.4. The van der Waals surface area contributed by atoms with Gasteiger partial charge in [-0.05, 0) is 64.2 Å². The maximum absolute atomic E-state index is 2.50. The highest BCUT2D eigenvalue weighted by atomic mass is 32.1. The van der Waals surface area contributed by atoms with Crippen molar-refractivity contribution in [2.75, 3.05) is 4.90 Å². The molecule has 258 valence electrons. The van der Waals surface area contributed by atoms with Crippen LogP contribution >= 0.6 is 22.7 Å². The minimum Gasteiger partial charge on any atom is -0.309 e. The van der Waals surface area contributed by atoms with Crippen molar-refractivity contribution >= 4 is 90.9 Å². The van der Waals surface area contributed by atoms with Crippen LogP contribution in [-0.2, 0) is 0 Å². The summed E-state index contributed by atoms with van der Waals surface area (Å²) in [4.78, 5) is 2.50. The van der Waals surface area contributed by atoms with Gasteiger partial charge >= 0.3 is 0 Å². The summed E-state index contributed by atoms with van der Waals surface area (Å²) in [7, 11) is 0. The molecule has 2 heterocycles. The van der Waals surface area contributed by atoms with E-state index in [0.29, 0.717) is 0 Å². The largest absolute Gasteiger partial charge is 0.309 e. The summed E-state index contributed by atoms with van der Waals surface area (Å²) in [6.07, 6.45) is 0. The van der Waals surface area contributed by atoms with E-state index in [9.17, 15) is 0 Å². The van der Waals surface area contributed by atoms with E-state index in [1.54, 1.807) is 0 Å². The van der Waals surface area contributed by atoms with Crippen molar-refractivity contribution in [1.29, 1.82) is 0 Å². The molecule has 3 heteroatoms. The van der Waals surface area contributed by atoms with Crippen molar-refractivity contribution in [3.05, 3.63) is 200 Å². The summed E-state index contributed by atoms with van der Waals surface area (Å²) in [5, 5.41) is 7.73. The Morgan fingerprint density at radius 3 is 1.47 bits per heavy atom. The first-order valence-corrected chi connectivity index (χ1v) is 20.3. The molecule has 0 bridgehead atoms. The second kappa shape index (κ2) is 13.1. The quantitative estimate of drug-likeness (QED) is 0.164. The van der Waals surface area contributed by atoms with Gasteiger partial charge in [-0.25, -0.2) is 0 Å². The number of thiophene rings is 2. The lowest BCUT2D eigenvalue weighted by atomic mass is 9.91. The molecule has 0 aliphatic heterocycles. The van der Waals surface area contributed by atoms with Crippen LogP contribution in [-0.4, -0.2) is 0 Å². The van der Waals surface area contributed by atoms with E-state index >= 15 is 0 Å². The summed E-state index contributed by atoms with van der Waals surface area (Å²) in [6.45, 7) is 0. The molecule has 0 radical (unpaired) electrons. The van der Waals surface area contributed by atoms with Crippen molar-refractivity contribution < 1.29 is 0 Å². The van der Waals surface area contributed by atoms with E-state index in [4.69, 9.17) is 0 Å². The fourth-order valence-electron chi connectivity index (χ4n) is 8.35. The Morgan fingerprint density at radius 1 is 0.309 bits per heavy atom. The van der Waals surface area contributed by atoms with Crippen LogP contribution in [0.25, 0.3) is 84.5 Å². The summed E-state index contributed by atoms with van der Waals surface area (Å²) in [6, 6.07) is 73.3. The van der Waals surface area contributed by atoms with E-state index < -0.39 is 0 Å². The lowest BCUT2D eigenvalue weighted by molar-refractivity contribution is 1.30. The Morgan fingerprint density at radius 2 is 0.782 bits per heavy atom. The van der Waals surface area contributed by atoms with Crippen LogP contribution in [0.15, 0.2) is 200 Å². The summed E-state index contributed by atoms with van der Waals surface area (Å²) in [5.41, 5.74) is 10.8. The molecule has 0 saturated heterocycles. The molecule has 9 aromatic carbocycles. The third kappa shape index (κ3) is 5.27. The lowest BCUT2D eigenvalue weighted by Gasteiger charge is -2.30. The Kier molecular flexibility index (Phi) is 7.61. The highest BCUT2D eigenvalue weighted by Crippen LogP contribution is 2.53. The Hall–Kier alpha value is -6.52. The third-order valence-electron chi connectivity index (χ3n) is 10.9. The van der Waals surface area contributed by atoms with E-state index in [-0.39, 0.29) is 0 Å². The van der Waals surface area contributed by atoms with Crippen molar-refractivity contribution in [2.45, 2.75) is 0 Å². The zero-order valence-electron chi connectivity index (χ0n) is 29.8. The Bertz CT molecular complexity index is 3180. The van der Waals surface area contributed by atoms with Crippen molar-refractivity contribution in [3.8, 4) is 33.4 Å². The van der Waals surface area contributed by atoms with Gasteiger partial charge in [-0.1, -0.05) is 164 Å². The molecule has 0 aliphatic rings. The Labute approximate surface area is 327 Å². The number of hydrogen-bond donors (Lipinski definition) is 0. The highest BCUT2D eigenvalue weighted by molar-refractivity contribution is 7.27. The maximum atomic E-state index is 2.50. The van der Waals surface area contributed by atoms with Crippen LogP contribution in [0.2, 0.25) is 0 Å². The molecule has 55 heavy (non-hydrogen) atoms. The van der Waals surface area contributed by atoms with Gasteiger partial charge in [0.05, 0.1) is 5.69 Å². The average Bonchev–Trinajstić information content (AvgIpc) is 3.84. The van der Waals surface area contributed by atoms with Gasteiger partial charge in [0.2, 0.25) is 0 Å². The predicted octanol–water partition coefficient (Wildman–Crippen LogP) is 16.0. The van der Waals surface area contributed by atoms with E-state index in [2.05, 4.69) is 205 Å². The second-order valence-corrected chi connectivity index (χ2v) is 16.1. The number of benzene rings is 9. The molecule has 11 rings (SSSR count). The smallest absolute Gasteiger partial charge is 0.0625 e. The monoisotopic (exact) mass is 735 g/mol. The molecule has 0 amide bonds. The van der Waals surface area contributed by atoms with Gasteiger partial charge in [0.25, 0.3) is 0 Å². The minimum absolute atomic E-state index is 1.11. The topological polar surface area (TPSA) is 3.24 Å². The minimum atomic E-state index is 1.11. The van der Waals surface area contributed by atoms with Gasteiger partial charge in [0.1, 0.15) is 0 Å². The van der Waals surface area contributed by atoms with E-state index in [1.165, 1.54) is 90.2 Å². The van der Waals surface area contributed by atoms with Crippen molar-refractivity contribution in [1.82, 2.24) is 0 Å². The summed E-state index contributed by atoms with van der Waals surface area (Å²) >= 11 is 3.78. The van der Waals surface area contributed by atoms with Crippen LogP contribution < -0.4 is 4.90 Å². The van der Waals surface area contributed by atoms with E-state index in [1.807, 2.05) is 22.7 Å². The first-order chi connectivity index (χ1) is 27.3. The number of anilines is 3. The number of nitrogens with zero attached hydrogens (tertiary/aromatic N) is 1. The molecule has 0 unspecified atom stereocenters. The predicted molar refractivity (Wildman–Crippen MR) is 241 cm³/mol. The second-order valence-electron chi connectivity index (χ2n) is 14.0. The van der Waals surface area contributed by atoms with Crippen molar-refractivity contribution in [2.24, 2.45) is 0 Å². The molecular weight excluding hydrogens is 703 g/mol. The lowest BCUT2D eigenvalue weighted by Crippen LogP contribution is -2.12. The maximum Gasteiger partial charge on any atom is 0.0625 e. The Balaban J connectivity index is 1.19. The molecule has 11 aromatic rings. The van der Waals surface area contributed by atoms with E-state index in [0.717, 1.165) is 11.4 Å². The molecule has 0 N–H and O–H groups in total. The van der Waals surface area contributed by atoms with Gasteiger partial charge in [0.15, 0.2) is 0 Å². The molecular formula is C52H33NS2. The standard InChI is InChI=1S/C52H33NS2/c1-3-14-34(15-4-1)35-26-30-38(31-27-35)53(39-32-28-36(29-33-39)40-22-13-23-43-41-18-9-11-24-46(41)54-51(40)43)50-42-19-7-8-20-44(42)52-49(45-21-10-12-25-47(45)55-52)48(50)37-16-5-2-6-17-37/h1-33H. The van der Waals surface area contributed by atoms with Crippen LogP contribution in [0.4, 0.5) is 17.1 Å². The average molecular weight is 736 g/mol. The number of fused-ring (bicyclic) bond motifs is 8. The summed E-state index contributed by atoms with van der Waals surface area (Å²) < 4.78 is 5.28. The fraction of sp³-hybridized carbons (Fsp3) is 0. The van der Waals surface area contributed by atoms with Crippen molar-refractivity contribution in [3.63, 3.8) is 0 Å². The third-order valence-corrected chi connectivity index (χ3v) is 13.3. The molecule has 0 saturated carbocycles. The van der Waals surface area contributed by atoms with Gasteiger partial charge in [-0.2, -0.15) is 0 Å². The van der Waals surface area contributed by atoms with Gasteiger partial charge in [-0.3, -0.25) is 0 Å². The highest BCUT2D eigenvalue weighted by Gasteiger charge is 2.26. The van der Waals surface area contributed by atoms with Gasteiger partial charge in [-0.15, -0.1) is 22.7 Å². The fourth-order valence-corrected chi connectivity index (χ4v) is 10.8. The molecule has 2 aromatic heterocycles. The molecule has 0 aliphatic carbocycles. The SMILES string of the molecule is c1ccc(-c2ccc(N(c3ccc(-c4cccc5c4sc4ccccc45)cc3)c3c(-c4ccccc4)c4c5ccccc5sc4c4ccccc34)cc2)cc1. The molecule has 0 atom stereocenters. The van der Waals surface area contributed by atoms with Crippen LogP contribution in [0, 0.1) is 0 Å². The van der Waals surface area contributed by atoms with Crippen LogP contribution in [0.3, 0.4) is 0 Å². The first kappa shape index (κ1) is 32.0. The first-order valence-electron chi connectivity index (χ1n) is 18.7. The van der Waals surface area contributed by atoms with Crippen LogP contribution in [0.5, 0.6) is 0 Å². The zero-order chi connectivity index (χ0) is 36.3.